The first-order valence-electron chi connectivity index (χ1n) is 8.25. The number of nitrogens with one attached hydrogen (secondary N) is 1. The van der Waals surface area contributed by atoms with E-state index in [4.69, 9.17) is 9.47 Å². The Balaban J connectivity index is 1.65. The first-order valence-corrected chi connectivity index (χ1v) is 8.25. The summed E-state index contributed by atoms with van der Waals surface area (Å²) in [5.74, 6) is 0.406. The number of nitrogens with zero attached hydrogens (tertiary/aromatic N) is 4. The molecule has 3 rings (SSSR count). The zero-order valence-electron chi connectivity index (χ0n) is 14.7. The summed E-state index contributed by atoms with van der Waals surface area (Å²) in [4.78, 5) is 34.6. The quantitative estimate of drug-likeness (QED) is 0.810. The van der Waals surface area contributed by atoms with Gasteiger partial charge in [0.15, 0.2) is 5.82 Å². The number of carbonyl (C=O) groups is 1. The second-order valence-electron chi connectivity index (χ2n) is 5.88. The molecule has 1 amide bonds. The van der Waals surface area contributed by atoms with Gasteiger partial charge < -0.3 is 24.3 Å². The highest BCUT2D eigenvalue weighted by Gasteiger charge is 2.27. The monoisotopic (exact) mass is 359 g/mol. The first-order chi connectivity index (χ1) is 12.6. The maximum atomic E-state index is 12.8. The number of anilines is 1. The summed E-state index contributed by atoms with van der Waals surface area (Å²) in [5, 5.41) is 3.00. The van der Waals surface area contributed by atoms with E-state index in [9.17, 15) is 9.59 Å². The Kier molecular flexibility index (Phi) is 5.47. The lowest BCUT2D eigenvalue weighted by Crippen LogP contribution is -2.48. The molecule has 9 heteroatoms. The molecule has 1 aliphatic heterocycles. The molecular formula is C17H21N5O4. The third-order valence-corrected chi connectivity index (χ3v) is 4.13. The van der Waals surface area contributed by atoms with E-state index in [0.29, 0.717) is 37.7 Å². The number of aromatic nitrogens is 3. The third-order valence-electron chi connectivity index (χ3n) is 4.13. The number of rotatable bonds is 5. The molecule has 3 heterocycles. The zero-order valence-corrected chi connectivity index (χ0v) is 14.7. The largest absolute Gasteiger partial charge is 0.480 e. The molecule has 1 fully saturated rings. The molecule has 0 bridgehead atoms. The van der Waals surface area contributed by atoms with Gasteiger partial charge in [-0.1, -0.05) is 0 Å². The van der Waals surface area contributed by atoms with Crippen LogP contribution in [-0.4, -0.2) is 64.8 Å². The summed E-state index contributed by atoms with van der Waals surface area (Å²) in [7, 11) is 3.15. The Bertz CT molecular complexity index is 838. The van der Waals surface area contributed by atoms with Gasteiger partial charge >= 0.3 is 0 Å². The van der Waals surface area contributed by atoms with Crippen LogP contribution in [0.2, 0.25) is 0 Å². The SMILES string of the molecule is COc1ncccc1C(=O)N1CCO[C@@H](CNc2nccn(C)c2=O)C1. The van der Waals surface area contributed by atoms with E-state index >= 15 is 0 Å². The van der Waals surface area contributed by atoms with Crippen LogP contribution < -0.4 is 15.6 Å². The van der Waals surface area contributed by atoms with E-state index in [1.54, 1.807) is 42.7 Å². The smallest absolute Gasteiger partial charge is 0.293 e. The van der Waals surface area contributed by atoms with Gasteiger partial charge in [-0.05, 0) is 12.1 Å². The molecule has 1 N–H and O–H groups in total. The molecule has 138 valence electrons. The number of aryl methyl sites for hydroxylation is 1. The minimum Gasteiger partial charge on any atom is -0.480 e. The Hall–Kier alpha value is -2.94. The van der Waals surface area contributed by atoms with Gasteiger partial charge in [-0.3, -0.25) is 9.59 Å². The average molecular weight is 359 g/mol. The lowest BCUT2D eigenvalue weighted by Gasteiger charge is -2.33. The van der Waals surface area contributed by atoms with Gasteiger partial charge in [-0.2, -0.15) is 0 Å². The predicted molar refractivity (Wildman–Crippen MR) is 94.4 cm³/mol. The highest BCUT2D eigenvalue weighted by Crippen LogP contribution is 2.18. The van der Waals surface area contributed by atoms with E-state index in [1.165, 1.54) is 11.7 Å². The molecule has 26 heavy (non-hydrogen) atoms. The number of amides is 1. The Morgan fingerprint density at radius 1 is 1.42 bits per heavy atom. The maximum Gasteiger partial charge on any atom is 0.293 e. The Morgan fingerprint density at radius 2 is 2.27 bits per heavy atom. The lowest BCUT2D eigenvalue weighted by molar-refractivity contribution is -0.0151. The van der Waals surface area contributed by atoms with Gasteiger partial charge in [-0.25, -0.2) is 9.97 Å². The first kappa shape index (κ1) is 17.9. The fourth-order valence-corrected chi connectivity index (χ4v) is 2.74. The van der Waals surface area contributed by atoms with Crippen LogP contribution in [0.15, 0.2) is 35.5 Å². The van der Waals surface area contributed by atoms with E-state index in [1.807, 2.05) is 0 Å². The zero-order chi connectivity index (χ0) is 18.5. The van der Waals surface area contributed by atoms with Gasteiger partial charge in [-0.15, -0.1) is 0 Å². The van der Waals surface area contributed by atoms with Crippen molar-refractivity contribution in [2.75, 3.05) is 38.7 Å². The fourth-order valence-electron chi connectivity index (χ4n) is 2.74. The molecule has 1 saturated heterocycles. The van der Waals surface area contributed by atoms with Crippen molar-refractivity contribution in [1.29, 1.82) is 0 Å². The molecule has 0 radical (unpaired) electrons. The second-order valence-corrected chi connectivity index (χ2v) is 5.88. The molecular weight excluding hydrogens is 338 g/mol. The van der Waals surface area contributed by atoms with Crippen LogP contribution in [0.5, 0.6) is 5.88 Å². The molecule has 2 aromatic rings. The Morgan fingerprint density at radius 3 is 3.08 bits per heavy atom. The molecule has 0 saturated carbocycles. The summed E-state index contributed by atoms with van der Waals surface area (Å²) >= 11 is 0. The van der Waals surface area contributed by atoms with Crippen molar-refractivity contribution in [3.05, 3.63) is 46.6 Å². The fraction of sp³-hybridized carbons (Fsp3) is 0.412. The van der Waals surface area contributed by atoms with Gasteiger partial charge in [0.2, 0.25) is 5.88 Å². The second kappa shape index (κ2) is 7.96. The van der Waals surface area contributed by atoms with Crippen molar-refractivity contribution in [2.45, 2.75) is 6.10 Å². The van der Waals surface area contributed by atoms with Crippen LogP contribution in [-0.2, 0) is 11.8 Å². The highest BCUT2D eigenvalue weighted by atomic mass is 16.5. The minimum absolute atomic E-state index is 0.156. The minimum atomic E-state index is -0.248. The van der Waals surface area contributed by atoms with Crippen molar-refractivity contribution in [2.24, 2.45) is 7.05 Å². The van der Waals surface area contributed by atoms with Crippen molar-refractivity contribution in [1.82, 2.24) is 19.4 Å². The third kappa shape index (κ3) is 3.83. The van der Waals surface area contributed by atoms with E-state index in [-0.39, 0.29) is 23.4 Å². The van der Waals surface area contributed by atoms with Crippen molar-refractivity contribution in [3.63, 3.8) is 0 Å². The maximum absolute atomic E-state index is 12.8. The van der Waals surface area contributed by atoms with Gasteiger partial charge in [0.1, 0.15) is 5.56 Å². The predicted octanol–water partition coefficient (Wildman–Crippen LogP) is 0.137. The number of pyridine rings is 1. The van der Waals surface area contributed by atoms with E-state index < -0.39 is 0 Å². The normalized spacial score (nSPS) is 17.0. The summed E-state index contributed by atoms with van der Waals surface area (Å²) in [6, 6.07) is 3.39. The topological polar surface area (TPSA) is 98.6 Å². The Labute approximate surface area is 150 Å². The number of hydrogen-bond acceptors (Lipinski definition) is 7. The van der Waals surface area contributed by atoms with Gasteiger partial charge in [0.25, 0.3) is 11.5 Å². The highest BCUT2D eigenvalue weighted by molar-refractivity contribution is 5.96. The van der Waals surface area contributed by atoms with Crippen molar-refractivity contribution in [3.8, 4) is 5.88 Å². The molecule has 0 aliphatic carbocycles. The van der Waals surface area contributed by atoms with Crippen LogP contribution in [0.4, 0.5) is 5.82 Å². The number of methoxy groups -OCH3 is 1. The molecule has 2 aromatic heterocycles. The molecule has 0 spiro atoms. The number of morpholine rings is 1. The van der Waals surface area contributed by atoms with Crippen LogP contribution in [0.25, 0.3) is 0 Å². The van der Waals surface area contributed by atoms with Crippen LogP contribution in [0, 0.1) is 0 Å². The summed E-state index contributed by atoms with van der Waals surface area (Å²) in [6.07, 6.45) is 4.47. The van der Waals surface area contributed by atoms with Gasteiger partial charge in [0, 0.05) is 45.3 Å². The van der Waals surface area contributed by atoms with E-state index in [2.05, 4.69) is 15.3 Å². The number of hydrogen-bond donors (Lipinski definition) is 1. The van der Waals surface area contributed by atoms with Crippen molar-refractivity contribution < 1.29 is 14.3 Å². The summed E-state index contributed by atoms with van der Waals surface area (Å²) in [5.41, 5.74) is 0.207. The van der Waals surface area contributed by atoms with Crippen LogP contribution >= 0.6 is 0 Å². The van der Waals surface area contributed by atoms with Crippen LogP contribution in [0.3, 0.4) is 0 Å². The van der Waals surface area contributed by atoms with E-state index in [0.717, 1.165) is 0 Å². The summed E-state index contributed by atoms with van der Waals surface area (Å²) in [6.45, 7) is 1.68. The standard InChI is InChI=1S/C17H21N5O4/c1-21-7-6-18-14(17(21)24)20-10-12-11-22(8-9-26-12)16(23)13-4-3-5-19-15(13)25-2/h3-7,12H,8-11H2,1-2H3,(H,18,20)/t12-/m0/s1. The molecule has 9 nitrogen and oxygen atoms in total. The molecule has 1 aliphatic rings. The molecule has 0 aromatic carbocycles. The lowest BCUT2D eigenvalue weighted by atomic mass is 10.2. The van der Waals surface area contributed by atoms with Gasteiger partial charge in [0.05, 0.1) is 19.8 Å². The molecule has 0 unspecified atom stereocenters. The summed E-state index contributed by atoms with van der Waals surface area (Å²) < 4.78 is 12.3. The molecule has 1 atom stereocenters. The average Bonchev–Trinajstić information content (AvgIpc) is 2.68. The number of ether oxygens (including phenoxy) is 2. The van der Waals surface area contributed by atoms with Crippen molar-refractivity contribution >= 4 is 11.7 Å². The number of carbonyl (C=O) groups excluding carboxylic acids is 1. The van der Waals surface area contributed by atoms with Crippen LogP contribution in [0.1, 0.15) is 10.4 Å².